The minimum Gasteiger partial charge on any atom is -0.497 e. The van der Waals surface area contributed by atoms with E-state index in [0.29, 0.717) is 18.8 Å². The molecule has 1 amide bonds. The predicted molar refractivity (Wildman–Crippen MR) is 127 cm³/mol. The Bertz CT molecular complexity index is 1060. The Kier molecular flexibility index (Phi) is 7.70. The van der Waals surface area contributed by atoms with E-state index < -0.39 is 5.97 Å². The van der Waals surface area contributed by atoms with Crippen molar-refractivity contribution in [2.75, 3.05) is 39.9 Å². The average Bonchev–Trinajstić information content (AvgIpc) is 3.32. The molecular weight excluding hydrogens is 438 g/mol. The van der Waals surface area contributed by atoms with Crippen molar-refractivity contribution in [1.82, 2.24) is 14.8 Å². The molecule has 0 spiro atoms. The van der Waals surface area contributed by atoms with Crippen LogP contribution in [0.1, 0.15) is 11.3 Å². The van der Waals surface area contributed by atoms with Gasteiger partial charge in [0.25, 0.3) is 5.91 Å². The third-order valence-corrected chi connectivity index (χ3v) is 6.48. The van der Waals surface area contributed by atoms with E-state index in [1.165, 1.54) is 16.9 Å². The summed E-state index contributed by atoms with van der Waals surface area (Å²) in [5.74, 6) is 0.180. The number of amides is 1. The lowest BCUT2D eigenvalue weighted by Crippen LogP contribution is -2.49. The highest BCUT2D eigenvalue weighted by atomic mass is 32.1. The molecule has 1 aliphatic rings. The number of hydrogen-bond acceptors (Lipinski definition) is 7. The molecule has 3 aromatic rings. The summed E-state index contributed by atoms with van der Waals surface area (Å²) in [5, 5.41) is 2.67. The number of thiazole rings is 1. The van der Waals surface area contributed by atoms with Crippen LogP contribution in [0.3, 0.4) is 0 Å². The molecule has 4 rings (SSSR count). The highest BCUT2D eigenvalue weighted by molar-refractivity contribution is 7.13. The average molecular weight is 466 g/mol. The van der Waals surface area contributed by atoms with Gasteiger partial charge in [-0.1, -0.05) is 30.3 Å². The Morgan fingerprint density at radius 2 is 1.73 bits per heavy atom. The topological polar surface area (TPSA) is 72.0 Å². The van der Waals surface area contributed by atoms with Gasteiger partial charge in [-0.25, -0.2) is 4.98 Å². The van der Waals surface area contributed by atoms with Gasteiger partial charge in [0.15, 0.2) is 6.61 Å². The zero-order valence-corrected chi connectivity index (χ0v) is 19.4. The maximum Gasteiger partial charge on any atom is 0.312 e. The molecule has 1 fully saturated rings. The molecule has 1 aromatic heterocycles. The molecule has 2 heterocycles. The van der Waals surface area contributed by atoms with E-state index in [1.807, 2.05) is 47.8 Å². The smallest absolute Gasteiger partial charge is 0.312 e. The van der Waals surface area contributed by atoms with Gasteiger partial charge in [0.1, 0.15) is 10.8 Å². The number of benzene rings is 2. The molecule has 0 aliphatic carbocycles. The number of ether oxygens (including phenoxy) is 2. The second-order valence-electron chi connectivity index (χ2n) is 7.85. The number of carbonyl (C=O) groups excluding carboxylic acids is 2. The van der Waals surface area contributed by atoms with Crippen molar-refractivity contribution in [2.45, 2.75) is 13.0 Å². The van der Waals surface area contributed by atoms with Gasteiger partial charge in [0, 0.05) is 43.7 Å². The van der Waals surface area contributed by atoms with Crippen molar-refractivity contribution < 1.29 is 19.1 Å². The summed E-state index contributed by atoms with van der Waals surface area (Å²) in [6.07, 6.45) is 0.0464. The molecule has 2 aromatic carbocycles. The van der Waals surface area contributed by atoms with Crippen LogP contribution in [0, 0.1) is 0 Å². The summed E-state index contributed by atoms with van der Waals surface area (Å²) >= 11 is 1.47. The van der Waals surface area contributed by atoms with Gasteiger partial charge >= 0.3 is 5.97 Å². The Labute approximate surface area is 197 Å². The summed E-state index contributed by atoms with van der Waals surface area (Å²) in [6.45, 7) is 3.54. The van der Waals surface area contributed by atoms with Crippen molar-refractivity contribution in [3.8, 4) is 16.3 Å². The number of hydrogen-bond donors (Lipinski definition) is 0. The number of esters is 1. The fourth-order valence-electron chi connectivity index (χ4n) is 3.68. The Morgan fingerprint density at radius 3 is 2.42 bits per heavy atom. The van der Waals surface area contributed by atoms with Gasteiger partial charge < -0.3 is 14.4 Å². The second-order valence-corrected chi connectivity index (χ2v) is 8.71. The lowest BCUT2D eigenvalue weighted by atomic mass is 10.2. The monoisotopic (exact) mass is 465 g/mol. The van der Waals surface area contributed by atoms with Crippen LogP contribution >= 0.6 is 11.3 Å². The minimum absolute atomic E-state index is 0.0464. The number of carbonyl (C=O) groups is 2. The molecule has 172 valence electrons. The van der Waals surface area contributed by atoms with Crippen molar-refractivity contribution >= 4 is 23.2 Å². The molecule has 1 aliphatic heterocycles. The molecule has 0 saturated carbocycles. The highest BCUT2D eigenvalue weighted by Gasteiger charge is 2.22. The van der Waals surface area contributed by atoms with Crippen LogP contribution in [0.5, 0.6) is 5.75 Å². The number of nitrogens with zero attached hydrogens (tertiary/aromatic N) is 3. The zero-order chi connectivity index (χ0) is 23.0. The van der Waals surface area contributed by atoms with Gasteiger partial charge in [-0.3, -0.25) is 14.5 Å². The molecule has 0 radical (unpaired) electrons. The largest absolute Gasteiger partial charge is 0.497 e. The van der Waals surface area contributed by atoms with Gasteiger partial charge in [-0.15, -0.1) is 11.3 Å². The molecule has 0 bridgehead atoms. The van der Waals surface area contributed by atoms with Crippen molar-refractivity contribution in [3.05, 3.63) is 71.2 Å². The first-order valence-corrected chi connectivity index (χ1v) is 11.8. The van der Waals surface area contributed by atoms with Crippen LogP contribution in [0.2, 0.25) is 0 Å². The maximum atomic E-state index is 12.5. The highest BCUT2D eigenvalue weighted by Crippen LogP contribution is 2.26. The van der Waals surface area contributed by atoms with E-state index in [4.69, 9.17) is 9.47 Å². The normalized spacial score (nSPS) is 14.2. The summed E-state index contributed by atoms with van der Waals surface area (Å²) in [6, 6.07) is 17.9. The molecule has 7 nitrogen and oxygen atoms in total. The third-order valence-electron chi connectivity index (χ3n) is 5.54. The van der Waals surface area contributed by atoms with Crippen LogP contribution in [0.15, 0.2) is 60.0 Å². The first-order valence-electron chi connectivity index (χ1n) is 10.9. The van der Waals surface area contributed by atoms with E-state index in [1.54, 1.807) is 12.0 Å². The van der Waals surface area contributed by atoms with Crippen LogP contribution in [-0.4, -0.2) is 66.6 Å². The van der Waals surface area contributed by atoms with Crippen molar-refractivity contribution in [3.63, 3.8) is 0 Å². The van der Waals surface area contributed by atoms with E-state index in [9.17, 15) is 9.59 Å². The van der Waals surface area contributed by atoms with Crippen molar-refractivity contribution in [2.24, 2.45) is 0 Å². The van der Waals surface area contributed by atoms with Crippen LogP contribution in [0.25, 0.3) is 10.6 Å². The van der Waals surface area contributed by atoms with E-state index >= 15 is 0 Å². The van der Waals surface area contributed by atoms with Gasteiger partial charge in [-0.2, -0.15) is 0 Å². The number of rotatable bonds is 8. The standard InChI is InChI=1S/C25H27N3O4S/c1-31-22-9-7-20(8-10-22)25-26-21(18-33-25)15-24(30)32-17-23(29)28-13-11-27(12-14-28)16-19-5-3-2-4-6-19/h2-10,18H,11-17H2,1H3. The van der Waals surface area contributed by atoms with Gasteiger partial charge in [0.05, 0.1) is 19.2 Å². The minimum atomic E-state index is -0.447. The predicted octanol–water partition coefficient (Wildman–Crippen LogP) is 3.25. The molecular formula is C25H27N3O4S. The quantitative estimate of drug-likeness (QED) is 0.476. The molecule has 0 N–H and O–H groups in total. The third kappa shape index (κ3) is 6.40. The van der Waals surface area contributed by atoms with Crippen molar-refractivity contribution in [1.29, 1.82) is 0 Å². The molecule has 1 saturated heterocycles. The Morgan fingerprint density at radius 1 is 1.00 bits per heavy atom. The summed E-state index contributed by atoms with van der Waals surface area (Å²) < 4.78 is 10.4. The molecule has 0 atom stereocenters. The fraction of sp³-hybridized carbons (Fsp3) is 0.320. The first kappa shape index (κ1) is 22.9. The number of methoxy groups -OCH3 is 1. The Hall–Kier alpha value is -3.23. The lowest BCUT2D eigenvalue weighted by Gasteiger charge is -2.34. The first-order chi connectivity index (χ1) is 16.1. The van der Waals surface area contributed by atoms with Crippen LogP contribution in [0.4, 0.5) is 0 Å². The number of piperazine rings is 1. The fourth-order valence-corrected chi connectivity index (χ4v) is 4.51. The SMILES string of the molecule is COc1ccc(-c2nc(CC(=O)OCC(=O)N3CCN(Cc4ccccc4)CC3)cs2)cc1. The van der Waals surface area contributed by atoms with E-state index in [2.05, 4.69) is 22.0 Å². The van der Waals surface area contributed by atoms with Crippen LogP contribution in [-0.2, 0) is 27.3 Å². The van der Waals surface area contributed by atoms with Gasteiger partial charge in [-0.05, 0) is 29.8 Å². The summed E-state index contributed by atoms with van der Waals surface area (Å²) in [7, 11) is 1.62. The summed E-state index contributed by atoms with van der Waals surface area (Å²) in [4.78, 5) is 33.3. The Balaban J connectivity index is 1.19. The zero-order valence-electron chi connectivity index (χ0n) is 18.6. The van der Waals surface area contributed by atoms with Crippen LogP contribution < -0.4 is 4.74 Å². The molecule has 0 unspecified atom stereocenters. The lowest BCUT2D eigenvalue weighted by molar-refractivity contribution is -0.152. The van der Waals surface area contributed by atoms with E-state index in [0.717, 1.165) is 36.0 Å². The second kappa shape index (κ2) is 11.1. The summed E-state index contributed by atoms with van der Waals surface area (Å²) in [5.41, 5.74) is 2.86. The maximum absolute atomic E-state index is 12.5. The number of aromatic nitrogens is 1. The van der Waals surface area contributed by atoms with E-state index in [-0.39, 0.29) is 18.9 Å². The molecule has 33 heavy (non-hydrogen) atoms. The van der Waals surface area contributed by atoms with Gasteiger partial charge in [0.2, 0.25) is 0 Å². The molecule has 8 heteroatoms.